The van der Waals surface area contributed by atoms with Gasteiger partial charge in [0.25, 0.3) is 0 Å². The van der Waals surface area contributed by atoms with Gasteiger partial charge in [0.1, 0.15) is 5.82 Å². The van der Waals surface area contributed by atoms with Gasteiger partial charge in [0.2, 0.25) is 0 Å². The molecule has 0 fully saturated rings. The van der Waals surface area contributed by atoms with Crippen molar-refractivity contribution in [1.82, 2.24) is 4.98 Å². The minimum absolute atomic E-state index is 0.549. The van der Waals surface area contributed by atoms with Crippen LogP contribution in [0.25, 0.3) is 0 Å². The molecule has 0 aliphatic rings. The molecule has 1 N–H and O–H groups in total. The molecule has 0 saturated heterocycles. The lowest BCUT2D eigenvalue weighted by atomic mass is 10.4. The standard InChI is InChI=1S/C10H13Br2ClN2O/c11-8-6-9(12)10(15-7-8)14-3-1-4-16-5-2-13/h6-7H,1-5H2,(H,14,15). The third kappa shape index (κ3) is 5.48. The van der Waals surface area contributed by atoms with Crippen LogP contribution in [0.3, 0.4) is 0 Å². The maximum absolute atomic E-state index is 5.48. The number of nitrogens with zero attached hydrogens (tertiary/aromatic N) is 1. The van der Waals surface area contributed by atoms with Crippen molar-refractivity contribution in [3.05, 3.63) is 21.2 Å². The van der Waals surface area contributed by atoms with Crippen LogP contribution >= 0.6 is 43.5 Å². The molecule has 0 atom stereocenters. The fraction of sp³-hybridized carbons (Fsp3) is 0.500. The second-order valence-electron chi connectivity index (χ2n) is 3.07. The Labute approximate surface area is 117 Å². The molecule has 1 rings (SSSR count). The summed E-state index contributed by atoms with van der Waals surface area (Å²) >= 11 is 12.3. The summed E-state index contributed by atoms with van der Waals surface area (Å²) in [6.07, 6.45) is 2.69. The molecule has 1 aromatic heterocycles. The topological polar surface area (TPSA) is 34.1 Å². The number of anilines is 1. The Morgan fingerprint density at radius 3 is 2.88 bits per heavy atom. The van der Waals surface area contributed by atoms with Gasteiger partial charge in [-0.3, -0.25) is 0 Å². The monoisotopic (exact) mass is 370 g/mol. The summed E-state index contributed by atoms with van der Waals surface area (Å²) in [4.78, 5) is 4.24. The van der Waals surface area contributed by atoms with E-state index in [4.69, 9.17) is 16.3 Å². The van der Waals surface area contributed by atoms with E-state index in [-0.39, 0.29) is 0 Å². The van der Waals surface area contributed by atoms with Crippen LogP contribution in [0.1, 0.15) is 6.42 Å². The molecular weight excluding hydrogens is 359 g/mol. The second kappa shape index (κ2) is 8.28. The Morgan fingerprint density at radius 1 is 1.38 bits per heavy atom. The summed E-state index contributed by atoms with van der Waals surface area (Å²) in [6, 6.07) is 1.96. The van der Waals surface area contributed by atoms with Gasteiger partial charge in [0, 0.05) is 29.7 Å². The number of hydrogen-bond acceptors (Lipinski definition) is 3. The van der Waals surface area contributed by atoms with Gasteiger partial charge in [-0.25, -0.2) is 4.98 Å². The van der Waals surface area contributed by atoms with Crippen molar-refractivity contribution >= 4 is 49.3 Å². The number of ether oxygens (including phenoxy) is 1. The molecule has 1 heterocycles. The minimum atomic E-state index is 0.549. The SMILES string of the molecule is ClCCOCCCNc1ncc(Br)cc1Br. The molecule has 3 nitrogen and oxygen atoms in total. The lowest BCUT2D eigenvalue weighted by molar-refractivity contribution is 0.149. The Morgan fingerprint density at radius 2 is 2.19 bits per heavy atom. The number of pyridine rings is 1. The maximum atomic E-state index is 5.48. The second-order valence-corrected chi connectivity index (χ2v) is 5.21. The zero-order valence-corrected chi connectivity index (χ0v) is 12.6. The molecule has 0 bridgehead atoms. The number of rotatable bonds is 7. The van der Waals surface area contributed by atoms with E-state index in [2.05, 4.69) is 42.2 Å². The van der Waals surface area contributed by atoms with Crippen LogP contribution in [-0.4, -0.2) is 30.6 Å². The molecule has 0 spiro atoms. The Kier molecular flexibility index (Phi) is 7.36. The van der Waals surface area contributed by atoms with Gasteiger partial charge in [0.05, 0.1) is 11.1 Å². The summed E-state index contributed by atoms with van der Waals surface area (Å²) in [5.41, 5.74) is 0. The third-order valence-electron chi connectivity index (χ3n) is 1.79. The van der Waals surface area contributed by atoms with Crippen molar-refractivity contribution in [1.29, 1.82) is 0 Å². The van der Waals surface area contributed by atoms with Crippen molar-refractivity contribution < 1.29 is 4.74 Å². The number of nitrogens with one attached hydrogen (secondary N) is 1. The van der Waals surface area contributed by atoms with Gasteiger partial charge in [0.15, 0.2) is 0 Å². The number of halogens is 3. The van der Waals surface area contributed by atoms with E-state index in [1.807, 2.05) is 6.07 Å². The van der Waals surface area contributed by atoms with Crippen molar-refractivity contribution in [3.63, 3.8) is 0 Å². The highest BCUT2D eigenvalue weighted by Crippen LogP contribution is 2.23. The van der Waals surface area contributed by atoms with Gasteiger partial charge in [-0.2, -0.15) is 0 Å². The zero-order chi connectivity index (χ0) is 11.8. The van der Waals surface area contributed by atoms with E-state index >= 15 is 0 Å². The summed E-state index contributed by atoms with van der Waals surface area (Å²) in [5, 5.41) is 3.23. The highest BCUT2D eigenvalue weighted by Gasteiger charge is 2.00. The first-order valence-corrected chi connectivity index (χ1v) is 7.04. The van der Waals surface area contributed by atoms with E-state index in [0.717, 1.165) is 27.7 Å². The first kappa shape index (κ1) is 14.2. The molecule has 0 aliphatic carbocycles. The van der Waals surface area contributed by atoms with E-state index in [9.17, 15) is 0 Å². The average Bonchev–Trinajstić information content (AvgIpc) is 2.26. The summed E-state index contributed by atoms with van der Waals surface area (Å²) in [5.74, 6) is 1.40. The van der Waals surface area contributed by atoms with Gasteiger partial charge in [-0.15, -0.1) is 11.6 Å². The predicted molar refractivity (Wildman–Crippen MR) is 74.3 cm³/mol. The highest BCUT2D eigenvalue weighted by atomic mass is 79.9. The highest BCUT2D eigenvalue weighted by molar-refractivity contribution is 9.11. The summed E-state index contributed by atoms with van der Waals surface area (Å²) in [7, 11) is 0. The van der Waals surface area contributed by atoms with Gasteiger partial charge in [-0.05, 0) is 44.3 Å². The zero-order valence-electron chi connectivity index (χ0n) is 8.68. The molecule has 0 amide bonds. The number of hydrogen-bond donors (Lipinski definition) is 1. The Balaban J connectivity index is 2.21. The molecule has 0 saturated carbocycles. The molecule has 1 aromatic rings. The molecule has 0 unspecified atom stereocenters. The van der Waals surface area contributed by atoms with Gasteiger partial charge >= 0.3 is 0 Å². The van der Waals surface area contributed by atoms with Gasteiger partial charge in [-0.1, -0.05) is 0 Å². The largest absolute Gasteiger partial charge is 0.380 e. The number of alkyl halides is 1. The maximum Gasteiger partial charge on any atom is 0.140 e. The molecule has 0 aromatic carbocycles. The van der Waals surface area contributed by atoms with E-state index < -0.39 is 0 Å². The van der Waals surface area contributed by atoms with Crippen LogP contribution in [0.15, 0.2) is 21.2 Å². The first-order valence-electron chi connectivity index (χ1n) is 4.92. The van der Waals surface area contributed by atoms with E-state index in [1.54, 1.807) is 6.20 Å². The van der Waals surface area contributed by atoms with Crippen LogP contribution in [0, 0.1) is 0 Å². The summed E-state index contributed by atoms with van der Waals surface area (Å²) < 4.78 is 7.16. The van der Waals surface area contributed by atoms with Crippen molar-refractivity contribution in [2.75, 3.05) is 31.0 Å². The van der Waals surface area contributed by atoms with E-state index in [1.165, 1.54) is 0 Å². The molecule has 16 heavy (non-hydrogen) atoms. The quantitative estimate of drug-likeness (QED) is 0.586. The Bertz CT molecular complexity index is 326. The molecule has 0 aliphatic heterocycles. The van der Waals surface area contributed by atoms with Gasteiger partial charge < -0.3 is 10.1 Å². The molecule has 90 valence electrons. The fourth-order valence-electron chi connectivity index (χ4n) is 1.08. The van der Waals surface area contributed by atoms with E-state index in [0.29, 0.717) is 19.1 Å². The van der Waals surface area contributed by atoms with Crippen LogP contribution in [0.5, 0.6) is 0 Å². The van der Waals surface area contributed by atoms with Crippen LogP contribution in [-0.2, 0) is 4.74 Å². The molecule has 0 radical (unpaired) electrons. The van der Waals surface area contributed by atoms with Crippen molar-refractivity contribution in [2.24, 2.45) is 0 Å². The van der Waals surface area contributed by atoms with Crippen LogP contribution in [0.4, 0.5) is 5.82 Å². The predicted octanol–water partition coefficient (Wildman–Crippen LogP) is 3.66. The lowest BCUT2D eigenvalue weighted by Gasteiger charge is -2.07. The Hall–Kier alpha value is 0.160. The smallest absolute Gasteiger partial charge is 0.140 e. The summed E-state index contributed by atoms with van der Waals surface area (Å²) in [6.45, 7) is 2.16. The average molecular weight is 372 g/mol. The lowest BCUT2D eigenvalue weighted by Crippen LogP contribution is -2.08. The third-order valence-corrected chi connectivity index (χ3v) is 2.98. The molecule has 6 heteroatoms. The minimum Gasteiger partial charge on any atom is -0.380 e. The van der Waals surface area contributed by atoms with Crippen molar-refractivity contribution in [3.8, 4) is 0 Å². The van der Waals surface area contributed by atoms with Crippen LogP contribution < -0.4 is 5.32 Å². The van der Waals surface area contributed by atoms with Crippen LogP contribution in [0.2, 0.25) is 0 Å². The first-order chi connectivity index (χ1) is 7.74. The number of aromatic nitrogens is 1. The van der Waals surface area contributed by atoms with Crippen molar-refractivity contribution in [2.45, 2.75) is 6.42 Å². The molecular formula is C10H13Br2ClN2O. The fourth-order valence-corrected chi connectivity index (χ4v) is 2.32. The normalized spacial score (nSPS) is 10.4.